The Bertz CT molecular complexity index is 97.5. The van der Waals surface area contributed by atoms with Crippen LogP contribution in [0.25, 0.3) is 0 Å². The van der Waals surface area contributed by atoms with Crippen LogP contribution in [0.5, 0.6) is 0 Å². The van der Waals surface area contributed by atoms with E-state index in [0.717, 1.165) is 12.5 Å². The van der Waals surface area contributed by atoms with Crippen LogP contribution in [0.3, 0.4) is 0 Å². The van der Waals surface area contributed by atoms with E-state index in [0.29, 0.717) is 0 Å². The molecule has 1 aliphatic rings. The van der Waals surface area contributed by atoms with E-state index >= 15 is 0 Å². The predicted octanol–water partition coefficient (Wildman–Crippen LogP) is 1.66. The molecular weight excluding hydrogens is 251 g/mol. The lowest BCUT2D eigenvalue weighted by molar-refractivity contribution is 0.300. The zero-order valence-corrected chi connectivity index (χ0v) is 9.30. The molecule has 2 nitrogen and oxygen atoms in total. The van der Waals surface area contributed by atoms with Crippen molar-refractivity contribution in [1.82, 2.24) is 8.43 Å². The number of nitrogens with one attached hydrogen (secondary N) is 1. The number of rotatable bonds is 3. The first-order chi connectivity index (χ1) is 5.33. The Morgan fingerprint density at radius 1 is 1.45 bits per heavy atom. The Labute approximate surface area is 83.2 Å². The summed E-state index contributed by atoms with van der Waals surface area (Å²) in [6.07, 6.45) is 2.74. The SMILES string of the molecule is CCNCC1CCN(I)CC1. The van der Waals surface area contributed by atoms with Gasteiger partial charge in [0.05, 0.1) is 0 Å². The molecule has 0 aliphatic carbocycles. The highest BCUT2D eigenvalue weighted by atomic mass is 127. The number of piperidine rings is 1. The van der Waals surface area contributed by atoms with Crippen molar-refractivity contribution in [3.05, 3.63) is 0 Å². The molecule has 1 aliphatic heterocycles. The van der Waals surface area contributed by atoms with Crippen molar-refractivity contribution in [2.24, 2.45) is 5.92 Å². The number of hydrogen-bond acceptors (Lipinski definition) is 2. The molecule has 11 heavy (non-hydrogen) atoms. The van der Waals surface area contributed by atoms with Gasteiger partial charge in [-0.1, -0.05) is 6.92 Å². The van der Waals surface area contributed by atoms with E-state index in [2.05, 4.69) is 38.2 Å². The summed E-state index contributed by atoms with van der Waals surface area (Å²) in [4.78, 5) is 0. The third kappa shape index (κ3) is 3.71. The van der Waals surface area contributed by atoms with Crippen molar-refractivity contribution in [1.29, 1.82) is 0 Å². The van der Waals surface area contributed by atoms with Gasteiger partial charge in [0.25, 0.3) is 0 Å². The standard InChI is InChI=1S/C8H17IN2/c1-2-10-7-8-3-5-11(9)6-4-8/h8,10H,2-7H2,1H3. The van der Waals surface area contributed by atoms with Crippen LogP contribution in [-0.2, 0) is 0 Å². The van der Waals surface area contributed by atoms with Gasteiger partial charge in [0.2, 0.25) is 0 Å². The highest BCUT2D eigenvalue weighted by Gasteiger charge is 2.16. The maximum atomic E-state index is 3.41. The lowest BCUT2D eigenvalue weighted by Crippen LogP contribution is -2.32. The minimum Gasteiger partial charge on any atom is -0.317 e. The molecule has 1 heterocycles. The van der Waals surface area contributed by atoms with Crippen LogP contribution < -0.4 is 5.32 Å². The summed E-state index contributed by atoms with van der Waals surface area (Å²) in [6.45, 7) is 7.06. The summed E-state index contributed by atoms with van der Waals surface area (Å²) in [5.41, 5.74) is 0. The molecule has 0 spiro atoms. The molecule has 66 valence electrons. The zero-order valence-electron chi connectivity index (χ0n) is 7.15. The smallest absolute Gasteiger partial charge is 0.0201 e. The fourth-order valence-corrected chi connectivity index (χ4v) is 2.01. The van der Waals surface area contributed by atoms with Crippen LogP contribution in [0.4, 0.5) is 0 Å². The summed E-state index contributed by atoms with van der Waals surface area (Å²) in [5, 5.41) is 3.41. The second-order valence-corrected chi connectivity index (χ2v) is 4.53. The molecular formula is C8H17IN2. The van der Waals surface area contributed by atoms with Gasteiger partial charge in [0.1, 0.15) is 0 Å². The topological polar surface area (TPSA) is 15.3 Å². The molecule has 1 rings (SSSR count). The van der Waals surface area contributed by atoms with E-state index in [9.17, 15) is 0 Å². The Morgan fingerprint density at radius 3 is 2.64 bits per heavy atom. The van der Waals surface area contributed by atoms with E-state index in [-0.39, 0.29) is 0 Å². The van der Waals surface area contributed by atoms with Crippen LogP contribution in [0.15, 0.2) is 0 Å². The molecule has 0 aromatic carbocycles. The van der Waals surface area contributed by atoms with E-state index in [1.807, 2.05) is 0 Å². The van der Waals surface area contributed by atoms with E-state index in [4.69, 9.17) is 0 Å². The fourth-order valence-electron chi connectivity index (χ4n) is 1.45. The lowest BCUT2D eigenvalue weighted by atomic mass is 9.98. The largest absolute Gasteiger partial charge is 0.317 e. The highest BCUT2D eigenvalue weighted by Crippen LogP contribution is 2.18. The normalized spacial score (nSPS) is 22.4. The molecule has 1 N–H and O–H groups in total. The summed E-state index contributed by atoms with van der Waals surface area (Å²) in [6, 6.07) is 0. The minimum atomic E-state index is 0.931. The van der Waals surface area contributed by atoms with Gasteiger partial charge in [-0.2, -0.15) is 0 Å². The van der Waals surface area contributed by atoms with E-state index < -0.39 is 0 Å². The molecule has 0 aromatic heterocycles. The van der Waals surface area contributed by atoms with Crippen LogP contribution in [-0.4, -0.2) is 29.3 Å². The third-order valence-electron chi connectivity index (χ3n) is 2.24. The molecule has 0 atom stereocenters. The molecule has 0 amide bonds. The summed E-state index contributed by atoms with van der Waals surface area (Å²) in [7, 11) is 0. The maximum absolute atomic E-state index is 3.41. The number of halogens is 1. The van der Waals surface area contributed by atoms with Gasteiger partial charge in [-0.05, 0) is 31.8 Å². The van der Waals surface area contributed by atoms with Gasteiger partial charge in [-0.15, -0.1) is 0 Å². The molecule has 1 fully saturated rings. The fraction of sp³-hybridized carbons (Fsp3) is 1.00. The first-order valence-electron chi connectivity index (χ1n) is 4.44. The molecule has 3 heteroatoms. The van der Waals surface area contributed by atoms with E-state index in [1.54, 1.807) is 0 Å². The van der Waals surface area contributed by atoms with Crippen molar-refractivity contribution in [3.8, 4) is 0 Å². The van der Waals surface area contributed by atoms with Crippen LogP contribution in [0.2, 0.25) is 0 Å². The van der Waals surface area contributed by atoms with Gasteiger partial charge in [-0.25, -0.2) is 3.11 Å². The Balaban J connectivity index is 2.07. The Hall–Kier alpha value is 0.650. The molecule has 0 unspecified atom stereocenters. The molecule has 0 saturated carbocycles. The Morgan fingerprint density at radius 2 is 2.09 bits per heavy atom. The van der Waals surface area contributed by atoms with Crippen molar-refractivity contribution in [2.45, 2.75) is 19.8 Å². The van der Waals surface area contributed by atoms with Gasteiger partial charge in [0.15, 0.2) is 0 Å². The van der Waals surface area contributed by atoms with Gasteiger partial charge in [0, 0.05) is 36.0 Å². The predicted molar refractivity (Wildman–Crippen MR) is 56.9 cm³/mol. The van der Waals surface area contributed by atoms with Crippen molar-refractivity contribution < 1.29 is 0 Å². The monoisotopic (exact) mass is 268 g/mol. The van der Waals surface area contributed by atoms with Crippen molar-refractivity contribution in [3.63, 3.8) is 0 Å². The van der Waals surface area contributed by atoms with Crippen LogP contribution in [0, 0.1) is 5.92 Å². The van der Waals surface area contributed by atoms with Crippen LogP contribution >= 0.6 is 22.9 Å². The molecule has 0 radical (unpaired) electrons. The van der Waals surface area contributed by atoms with Gasteiger partial charge < -0.3 is 5.32 Å². The maximum Gasteiger partial charge on any atom is 0.0201 e. The first-order valence-corrected chi connectivity index (χ1v) is 5.41. The number of nitrogens with zero attached hydrogens (tertiary/aromatic N) is 1. The van der Waals surface area contributed by atoms with Crippen molar-refractivity contribution in [2.75, 3.05) is 26.2 Å². The van der Waals surface area contributed by atoms with E-state index in [1.165, 1.54) is 32.5 Å². The lowest BCUT2D eigenvalue weighted by Gasteiger charge is -2.27. The third-order valence-corrected chi connectivity index (χ3v) is 3.21. The Kier molecular flexibility index (Phi) is 4.71. The quantitative estimate of drug-likeness (QED) is 0.618. The molecule has 0 aromatic rings. The second-order valence-electron chi connectivity index (χ2n) is 3.16. The highest BCUT2D eigenvalue weighted by molar-refractivity contribution is 14.1. The minimum absolute atomic E-state index is 0.931. The first kappa shape index (κ1) is 9.74. The van der Waals surface area contributed by atoms with Gasteiger partial charge in [-0.3, -0.25) is 0 Å². The van der Waals surface area contributed by atoms with Crippen molar-refractivity contribution >= 4 is 22.9 Å². The average molecular weight is 268 g/mol. The average Bonchev–Trinajstić information content (AvgIpc) is 2.04. The summed E-state index contributed by atoms with van der Waals surface area (Å²) < 4.78 is 2.39. The molecule has 1 saturated heterocycles. The van der Waals surface area contributed by atoms with Gasteiger partial charge >= 0.3 is 0 Å². The zero-order chi connectivity index (χ0) is 8.10. The number of hydrogen-bond donors (Lipinski definition) is 1. The summed E-state index contributed by atoms with van der Waals surface area (Å²) >= 11 is 2.42. The second kappa shape index (κ2) is 5.32. The summed E-state index contributed by atoms with van der Waals surface area (Å²) in [5.74, 6) is 0.931. The van der Waals surface area contributed by atoms with Crippen LogP contribution in [0.1, 0.15) is 19.8 Å². The molecule has 0 bridgehead atoms.